The number of hydrogen-bond donors (Lipinski definition) is 2. The zero-order valence-corrected chi connectivity index (χ0v) is 10.1. The molecule has 0 saturated carbocycles. The molecule has 0 fully saturated rings. The van der Waals surface area contributed by atoms with Crippen molar-refractivity contribution in [1.82, 2.24) is 4.98 Å². The predicted octanol–water partition coefficient (Wildman–Crippen LogP) is 3.56. The molecule has 3 nitrogen and oxygen atoms in total. The van der Waals surface area contributed by atoms with Gasteiger partial charge >= 0.3 is 6.18 Å². The minimum atomic E-state index is -4.74. The molecule has 0 spiro atoms. The highest BCUT2D eigenvalue weighted by atomic mass is 19.4. The summed E-state index contributed by atoms with van der Waals surface area (Å²) < 4.78 is 50.7. The standard InChI is InChI=1S/C13H10F4N2O/c14-12-4-2-8(5-11(12)13(15,16)17)18-6-9-1-3-10(20)7-19-9/h1-5,7,18,20H,6H2. The maximum atomic E-state index is 13.1. The first-order chi connectivity index (χ1) is 9.36. The van der Waals surface area contributed by atoms with Crippen LogP contribution < -0.4 is 5.32 Å². The van der Waals surface area contributed by atoms with Crippen LogP contribution in [0.1, 0.15) is 11.3 Å². The Balaban J connectivity index is 2.12. The minimum Gasteiger partial charge on any atom is -0.506 e. The van der Waals surface area contributed by atoms with Gasteiger partial charge in [-0.25, -0.2) is 4.39 Å². The van der Waals surface area contributed by atoms with Crippen molar-refractivity contribution in [3.8, 4) is 5.75 Å². The molecule has 0 bridgehead atoms. The van der Waals surface area contributed by atoms with Crippen molar-refractivity contribution in [2.75, 3.05) is 5.32 Å². The molecule has 0 saturated heterocycles. The molecule has 0 amide bonds. The van der Waals surface area contributed by atoms with Crippen molar-refractivity contribution >= 4 is 5.69 Å². The molecule has 0 unspecified atom stereocenters. The molecule has 0 aliphatic rings. The van der Waals surface area contributed by atoms with Crippen LogP contribution in [0, 0.1) is 5.82 Å². The maximum absolute atomic E-state index is 13.1. The number of alkyl halides is 3. The van der Waals surface area contributed by atoms with Gasteiger partial charge in [-0.15, -0.1) is 0 Å². The van der Waals surface area contributed by atoms with Crippen LogP contribution in [0.25, 0.3) is 0 Å². The zero-order valence-electron chi connectivity index (χ0n) is 10.1. The van der Waals surface area contributed by atoms with Gasteiger partial charge in [0.2, 0.25) is 0 Å². The summed E-state index contributed by atoms with van der Waals surface area (Å²) in [6.45, 7) is 0.156. The molecule has 7 heteroatoms. The van der Waals surface area contributed by atoms with Gasteiger partial charge in [-0.2, -0.15) is 13.2 Å². The van der Waals surface area contributed by atoms with Crippen LogP contribution in [-0.2, 0) is 12.7 Å². The number of benzene rings is 1. The van der Waals surface area contributed by atoms with Gasteiger partial charge in [0, 0.05) is 5.69 Å². The van der Waals surface area contributed by atoms with Crippen LogP contribution >= 0.6 is 0 Å². The van der Waals surface area contributed by atoms with Gasteiger partial charge in [-0.3, -0.25) is 4.98 Å². The van der Waals surface area contributed by atoms with Crippen molar-refractivity contribution in [2.45, 2.75) is 12.7 Å². The summed E-state index contributed by atoms with van der Waals surface area (Å²) in [4.78, 5) is 3.87. The highest BCUT2D eigenvalue weighted by Gasteiger charge is 2.34. The van der Waals surface area contributed by atoms with E-state index in [0.29, 0.717) is 11.8 Å². The normalized spacial score (nSPS) is 11.4. The Morgan fingerprint density at radius 2 is 1.90 bits per heavy atom. The molecular formula is C13H10F4N2O. The maximum Gasteiger partial charge on any atom is 0.419 e. The lowest BCUT2D eigenvalue weighted by atomic mass is 10.1. The predicted molar refractivity (Wildman–Crippen MR) is 64.6 cm³/mol. The highest BCUT2D eigenvalue weighted by molar-refractivity contribution is 5.47. The number of nitrogens with zero attached hydrogens (tertiary/aromatic N) is 1. The fraction of sp³-hybridized carbons (Fsp3) is 0.154. The van der Waals surface area contributed by atoms with Crippen molar-refractivity contribution in [3.63, 3.8) is 0 Å². The SMILES string of the molecule is Oc1ccc(CNc2ccc(F)c(C(F)(F)F)c2)nc1. The third-order valence-electron chi connectivity index (χ3n) is 2.55. The summed E-state index contributed by atoms with van der Waals surface area (Å²) in [5.74, 6) is -1.32. The Morgan fingerprint density at radius 1 is 1.15 bits per heavy atom. The molecule has 0 aliphatic carbocycles. The summed E-state index contributed by atoms with van der Waals surface area (Å²) in [6, 6.07) is 5.61. The largest absolute Gasteiger partial charge is 0.506 e. The first-order valence-electron chi connectivity index (χ1n) is 5.61. The Hall–Kier alpha value is -2.31. The van der Waals surface area contributed by atoms with E-state index in [1.807, 2.05) is 0 Å². The molecule has 106 valence electrons. The van der Waals surface area contributed by atoms with Crippen LogP contribution in [0.5, 0.6) is 5.75 Å². The topological polar surface area (TPSA) is 45.1 Å². The third-order valence-corrected chi connectivity index (χ3v) is 2.55. The van der Waals surface area contributed by atoms with Gasteiger partial charge in [-0.1, -0.05) is 0 Å². The van der Waals surface area contributed by atoms with Crippen molar-refractivity contribution in [2.24, 2.45) is 0 Å². The van der Waals surface area contributed by atoms with Crippen molar-refractivity contribution in [3.05, 3.63) is 53.6 Å². The summed E-state index contributed by atoms with van der Waals surface area (Å²) >= 11 is 0. The van der Waals surface area contributed by atoms with E-state index in [9.17, 15) is 17.6 Å². The molecule has 20 heavy (non-hydrogen) atoms. The highest BCUT2D eigenvalue weighted by Crippen LogP contribution is 2.33. The monoisotopic (exact) mass is 286 g/mol. The van der Waals surface area contributed by atoms with E-state index in [1.54, 1.807) is 0 Å². The number of halogens is 4. The quantitative estimate of drug-likeness (QED) is 0.848. The smallest absolute Gasteiger partial charge is 0.419 e. The van der Waals surface area contributed by atoms with E-state index < -0.39 is 17.6 Å². The number of rotatable bonds is 3. The van der Waals surface area contributed by atoms with Crippen molar-refractivity contribution < 1.29 is 22.7 Å². The molecular weight excluding hydrogens is 276 g/mol. The number of aromatic hydroxyl groups is 1. The van der Waals surface area contributed by atoms with Gasteiger partial charge in [-0.05, 0) is 30.3 Å². The van der Waals surface area contributed by atoms with Gasteiger partial charge in [0.15, 0.2) is 0 Å². The number of nitrogens with one attached hydrogen (secondary N) is 1. The summed E-state index contributed by atoms with van der Waals surface area (Å²) in [7, 11) is 0. The van der Waals surface area contributed by atoms with Crippen molar-refractivity contribution in [1.29, 1.82) is 0 Å². The Bertz CT molecular complexity index is 596. The van der Waals surface area contributed by atoms with Crippen LogP contribution in [0.2, 0.25) is 0 Å². The molecule has 2 N–H and O–H groups in total. The second kappa shape index (κ2) is 5.36. The van der Waals surface area contributed by atoms with Gasteiger partial charge < -0.3 is 10.4 Å². The van der Waals surface area contributed by atoms with E-state index in [-0.39, 0.29) is 18.0 Å². The van der Waals surface area contributed by atoms with E-state index in [1.165, 1.54) is 24.4 Å². The number of hydrogen-bond acceptors (Lipinski definition) is 3. The molecule has 1 aromatic carbocycles. The number of aromatic nitrogens is 1. The van der Waals surface area contributed by atoms with Crippen LogP contribution in [0.4, 0.5) is 23.2 Å². The van der Waals surface area contributed by atoms with Gasteiger partial charge in [0.25, 0.3) is 0 Å². The van der Waals surface area contributed by atoms with Crippen LogP contribution in [-0.4, -0.2) is 10.1 Å². The van der Waals surface area contributed by atoms with Crippen LogP contribution in [0.3, 0.4) is 0 Å². The molecule has 0 radical (unpaired) electrons. The Morgan fingerprint density at radius 3 is 2.50 bits per heavy atom. The van der Waals surface area contributed by atoms with Gasteiger partial charge in [0.05, 0.1) is 24.0 Å². The second-order valence-electron chi connectivity index (χ2n) is 4.05. The van der Waals surface area contributed by atoms with E-state index in [2.05, 4.69) is 10.3 Å². The van der Waals surface area contributed by atoms with Gasteiger partial charge in [0.1, 0.15) is 11.6 Å². The molecule has 2 rings (SSSR count). The molecule has 1 aromatic heterocycles. The lowest BCUT2D eigenvalue weighted by Gasteiger charge is -2.11. The van der Waals surface area contributed by atoms with Crippen LogP contribution in [0.15, 0.2) is 36.5 Å². The zero-order chi connectivity index (χ0) is 14.8. The van der Waals surface area contributed by atoms with E-state index in [4.69, 9.17) is 5.11 Å². The number of anilines is 1. The molecule has 0 atom stereocenters. The van der Waals surface area contributed by atoms with E-state index in [0.717, 1.165) is 6.07 Å². The minimum absolute atomic E-state index is 0.00473. The summed E-state index contributed by atoms with van der Waals surface area (Å²) in [5.41, 5.74) is -0.657. The second-order valence-corrected chi connectivity index (χ2v) is 4.05. The number of pyridine rings is 1. The Kier molecular flexibility index (Phi) is 3.78. The lowest BCUT2D eigenvalue weighted by molar-refractivity contribution is -0.139. The first-order valence-corrected chi connectivity index (χ1v) is 5.61. The first kappa shape index (κ1) is 14.1. The summed E-state index contributed by atoms with van der Waals surface area (Å²) in [6.07, 6.45) is -3.51. The average Bonchev–Trinajstić information content (AvgIpc) is 2.38. The fourth-order valence-corrected chi connectivity index (χ4v) is 1.57. The molecule has 2 aromatic rings. The fourth-order valence-electron chi connectivity index (χ4n) is 1.57. The molecule has 0 aliphatic heterocycles. The summed E-state index contributed by atoms with van der Waals surface area (Å²) in [5, 5.41) is 11.8. The average molecular weight is 286 g/mol. The Labute approximate surface area is 111 Å². The molecule has 1 heterocycles. The lowest BCUT2D eigenvalue weighted by Crippen LogP contribution is -2.09. The third kappa shape index (κ3) is 3.37. The van der Waals surface area contributed by atoms with E-state index >= 15 is 0 Å².